The Morgan fingerprint density at radius 2 is 1.86 bits per heavy atom. The van der Waals surface area contributed by atoms with Crippen molar-refractivity contribution >= 4 is 29.2 Å². The zero-order valence-corrected chi connectivity index (χ0v) is 16.5. The zero-order chi connectivity index (χ0) is 20.9. The Labute approximate surface area is 167 Å². The van der Waals surface area contributed by atoms with Crippen LogP contribution in [0.5, 0.6) is 0 Å². The third-order valence-electron chi connectivity index (χ3n) is 4.57. The van der Waals surface area contributed by atoms with Crippen LogP contribution in [0.2, 0.25) is 5.02 Å². The molecule has 0 saturated carbocycles. The highest BCUT2D eigenvalue weighted by Gasteiger charge is 2.33. The van der Waals surface area contributed by atoms with Gasteiger partial charge in [0.25, 0.3) is 0 Å². The normalized spacial score (nSPS) is 16.6. The van der Waals surface area contributed by atoms with Crippen LogP contribution in [0.25, 0.3) is 0 Å². The maximum Gasteiger partial charge on any atom is 0.417 e. The van der Waals surface area contributed by atoms with Crippen LogP contribution in [0.1, 0.15) is 25.8 Å². The van der Waals surface area contributed by atoms with Crippen molar-refractivity contribution in [3.8, 4) is 0 Å². The molecule has 1 heterocycles. The number of piperazine rings is 1. The van der Waals surface area contributed by atoms with Crippen LogP contribution < -0.4 is 10.6 Å². The van der Waals surface area contributed by atoms with Crippen LogP contribution >= 0.6 is 11.6 Å². The summed E-state index contributed by atoms with van der Waals surface area (Å²) in [7, 11) is 0. The van der Waals surface area contributed by atoms with E-state index in [1.54, 1.807) is 0 Å². The maximum atomic E-state index is 12.9. The number of carbonyl (C=O) groups excluding carboxylic acids is 2. The number of nitrogens with zero attached hydrogens (tertiary/aromatic N) is 2. The minimum Gasteiger partial charge on any atom is -0.353 e. The van der Waals surface area contributed by atoms with Gasteiger partial charge in [-0.05, 0) is 31.5 Å². The number of hydrogen-bond donors (Lipinski definition) is 2. The highest BCUT2D eigenvalue weighted by molar-refractivity contribution is 6.31. The van der Waals surface area contributed by atoms with Crippen LogP contribution in [-0.2, 0) is 11.0 Å². The zero-order valence-electron chi connectivity index (χ0n) is 15.8. The maximum absolute atomic E-state index is 12.9. The largest absolute Gasteiger partial charge is 0.417 e. The SMILES string of the molecule is CC[C@H](C)NC(=O)CN1CCN(C(=O)Nc2ccc(Cl)c(C(F)(F)F)c2)CC1. The molecule has 6 nitrogen and oxygen atoms in total. The van der Waals surface area contributed by atoms with E-state index in [1.165, 1.54) is 11.0 Å². The second-order valence-electron chi connectivity index (χ2n) is 6.76. The van der Waals surface area contributed by atoms with Crippen molar-refractivity contribution < 1.29 is 22.8 Å². The fourth-order valence-corrected chi connectivity index (χ4v) is 2.98. The number of alkyl halides is 3. The van der Waals surface area contributed by atoms with Gasteiger partial charge >= 0.3 is 12.2 Å². The average molecular weight is 421 g/mol. The first-order valence-electron chi connectivity index (χ1n) is 9.04. The molecular formula is C18H24ClF3N4O2. The molecule has 2 rings (SSSR count). The summed E-state index contributed by atoms with van der Waals surface area (Å²) in [6.45, 7) is 5.95. The molecule has 0 bridgehead atoms. The van der Waals surface area contributed by atoms with E-state index in [4.69, 9.17) is 11.6 Å². The number of carbonyl (C=O) groups is 2. The molecule has 0 spiro atoms. The molecule has 1 atom stereocenters. The van der Waals surface area contributed by atoms with Gasteiger partial charge in [-0.25, -0.2) is 4.79 Å². The van der Waals surface area contributed by atoms with Gasteiger partial charge in [-0.1, -0.05) is 18.5 Å². The van der Waals surface area contributed by atoms with Crippen molar-refractivity contribution in [1.82, 2.24) is 15.1 Å². The smallest absolute Gasteiger partial charge is 0.353 e. The van der Waals surface area contributed by atoms with E-state index in [1.807, 2.05) is 18.7 Å². The number of anilines is 1. The van der Waals surface area contributed by atoms with Gasteiger partial charge in [0.15, 0.2) is 0 Å². The predicted molar refractivity (Wildman–Crippen MR) is 101 cm³/mol. The Morgan fingerprint density at radius 1 is 1.21 bits per heavy atom. The lowest BCUT2D eigenvalue weighted by Gasteiger charge is -2.34. The first-order chi connectivity index (χ1) is 13.1. The molecule has 0 unspecified atom stereocenters. The Bertz CT molecular complexity index is 707. The molecule has 1 aliphatic rings. The van der Waals surface area contributed by atoms with E-state index >= 15 is 0 Å². The Hall–Kier alpha value is -2.00. The van der Waals surface area contributed by atoms with Crippen LogP contribution in [0, 0.1) is 0 Å². The van der Waals surface area contributed by atoms with E-state index in [0.29, 0.717) is 26.2 Å². The van der Waals surface area contributed by atoms with Gasteiger partial charge in [0.1, 0.15) is 0 Å². The molecule has 0 radical (unpaired) electrons. The highest BCUT2D eigenvalue weighted by atomic mass is 35.5. The third kappa shape index (κ3) is 6.27. The summed E-state index contributed by atoms with van der Waals surface area (Å²) < 4.78 is 38.8. The lowest BCUT2D eigenvalue weighted by molar-refractivity contribution is -0.137. The van der Waals surface area contributed by atoms with E-state index in [2.05, 4.69) is 10.6 Å². The molecular weight excluding hydrogens is 397 g/mol. The summed E-state index contributed by atoms with van der Waals surface area (Å²) in [4.78, 5) is 27.7. The molecule has 2 N–H and O–H groups in total. The van der Waals surface area contributed by atoms with Gasteiger partial charge in [0, 0.05) is 37.9 Å². The lowest BCUT2D eigenvalue weighted by atomic mass is 10.2. The summed E-state index contributed by atoms with van der Waals surface area (Å²) >= 11 is 5.58. The van der Waals surface area contributed by atoms with E-state index in [9.17, 15) is 22.8 Å². The first kappa shape index (κ1) is 22.3. The molecule has 156 valence electrons. The number of amides is 3. The van der Waals surface area contributed by atoms with Crippen molar-refractivity contribution in [2.24, 2.45) is 0 Å². The summed E-state index contributed by atoms with van der Waals surface area (Å²) in [6, 6.07) is 2.87. The number of hydrogen-bond acceptors (Lipinski definition) is 3. The van der Waals surface area contributed by atoms with Crippen molar-refractivity contribution in [3.05, 3.63) is 28.8 Å². The summed E-state index contributed by atoms with van der Waals surface area (Å²) in [5, 5.41) is 4.94. The molecule has 1 fully saturated rings. The highest BCUT2D eigenvalue weighted by Crippen LogP contribution is 2.36. The number of urea groups is 1. The van der Waals surface area contributed by atoms with Gasteiger partial charge in [0.05, 0.1) is 17.1 Å². The second-order valence-corrected chi connectivity index (χ2v) is 7.17. The molecule has 0 aromatic heterocycles. The quantitative estimate of drug-likeness (QED) is 0.767. The summed E-state index contributed by atoms with van der Waals surface area (Å²) in [6.07, 6.45) is -3.75. The molecule has 1 saturated heterocycles. The van der Waals surface area contributed by atoms with Gasteiger partial charge < -0.3 is 15.5 Å². The van der Waals surface area contributed by atoms with Crippen LogP contribution in [0.3, 0.4) is 0 Å². The van der Waals surface area contributed by atoms with E-state index < -0.39 is 22.8 Å². The second kappa shape index (κ2) is 9.47. The number of rotatable bonds is 5. The van der Waals surface area contributed by atoms with E-state index in [0.717, 1.165) is 18.6 Å². The van der Waals surface area contributed by atoms with Crippen LogP contribution in [0.4, 0.5) is 23.7 Å². The van der Waals surface area contributed by atoms with Crippen molar-refractivity contribution in [1.29, 1.82) is 0 Å². The first-order valence-corrected chi connectivity index (χ1v) is 9.42. The molecule has 3 amide bonds. The van der Waals surface area contributed by atoms with Gasteiger partial charge in [-0.3, -0.25) is 9.69 Å². The number of halogens is 4. The van der Waals surface area contributed by atoms with Crippen molar-refractivity contribution in [3.63, 3.8) is 0 Å². The number of nitrogens with one attached hydrogen (secondary N) is 2. The van der Waals surface area contributed by atoms with Crippen LogP contribution in [-0.4, -0.2) is 60.5 Å². The Kier molecular flexibility index (Phi) is 7.54. The lowest BCUT2D eigenvalue weighted by Crippen LogP contribution is -2.52. The van der Waals surface area contributed by atoms with E-state index in [-0.39, 0.29) is 24.2 Å². The Balaban J connectivity index is 1.86. The standard InChI is InChI=1S/C18H24ClF3N4O2/c1-3-12(2)23-16(27)11-25-6-8-26(9-7-25)17(28)24-13-4-5-15(19)14(10-13)18(20,21)22/h4-5,10,12H,3,6-9,11H2,1-2H3,(H,23,27)(H,24,28)/t12-/m0/s1. The molecule has 0 aliphatic carbocycles. The molecule has 1 aliphatic heterocycles. The van der Waals surface area contributed by atoms with Crippen molar-refractivity contribution in [2.75, 3.05) is 38.0 Å². The predicted octanol–water partition coefficient (Wildman–Crippen LogP) is 3.42. The van der Waals surface area contributed by atoms with Crippen LogP contribution in [0.15, 0.2) is 18.2 Å². The van der Waals surface area contributed by atoms with Gasteiger partial charge in [0.2, 0.25) is 5.91 Å². The monoisotopic (exact) mass is 420 g/mol. The average Bonchev–Trinajstić information content (AvgIpc) is 2.62. The topological polar surface area (TPSA) is 64.7 Å². The van der Waals surface area contributed by atoms with Gasteiger partial charge in [-0.15, -0.1) is 0 Å². The van der Waals surface area contributed by atoms with Crippen molar-refractivity contribution in [2.45, 2.75) is 32.5 Å². The third-order valence-corrected chi connectivity index (χ3v) is 4.90. The Morgan fingerprint density at radius 3 is 2.43 bits per heavy atom. The molecule has 1 aromatic carbocycles. The summed E-state index contributed by atoms with van der Waals surface area (Å²) in [5.74, 6) is -0.0619. The minimum atomic E-state index is -4.60. The fourth-order valence-electron chi connectivity index (χ4n) is 2.76. The fraction of sp³-hybridized carbons (Fsp3) is 0.556. The molecule has 1 aromatic rings. The minimum absolute atomic E-state index is 0.0251. The van der Waals surface area contributed by atoms with Gasteiger partial charge in [-0.2, -0.15) is 13.2 Å². The molecule has 28 heavy (non-hydrogen) atoms. The number of benzene rings is 1. The summed E-state index contributed by atoms with van der Waals surface area (Å²) in [5.41, 5.74) is -0.971. The molecule has 10 heteroatoms.